The van der Waals surface area contributed by atoms with E-state index in [1.807, 2.05) is 0 Å². The molecule has 1 atom stereocenters. The predicted molar refractivity (Wildman–Crippen MR) is 126 cm³/mol. The number of aryl methyl sites for hydroxylation is 1. The molecule has 2 aromatic carbocycles. The molecule has 3 aromatic rings. The average Bonchev–Trinajstić information content (AvgIpc) is 3.24. The van der Waals surface area contributed by atoms with Crippen LogP contribution in [0.15, 0.2) is 57.9 Å². The van der Waals surface area contributed by atoms with Crippen molar-refractivity contribution in [3.05, 3.63) is 82.7 Å². The van der Waals surface area contributed by atoms with Crippen molar-refractivity contribution in [1.82, 2.24) is 14.8 Å². The average molecular weight is 502 g/mol. The molecule has 1 aromatic heterocycles. The fraction of sp³-hybridized carbons (Fsp3) is 0.280. The summed E-state index contributed by atoms with van der Waals surface area (Å²) in [5, 5.41) is 6.60. The van der Waals surface area contributed by atoms with Crippen LogP contribution in [0.2, 0.25) is 0 Å². The Morgan fingerprint density at radius 2 is 1.91 bits per heavy atom. The normalized spacial score (nSPS) is 17.1. The maximum Gasteiger partial charge on any atom is 0.248 e. The van der Waals surface area contributed by atoms with E-state index in [0.29, 0.717) is 12.8 Å². The molecule has 2 heterocycles. The van der Waals surface area contributed by atoms with Crippen LogP contribution in [0.25, 0.3) is 12.2 Å². The van der Waals surface area contributed by atoms with E-state index in [9.17, 15) is 22.0 Å². The quantitative estimate of drug-likeness (QED) is 0.525. The van der Waals surface area contributed by atoms with Crippen molar-refractivity contribution >= 4 is 28.1 Å². The summed E-state index contributed by atoms with van der Waals surface area (Å²) in [6.07, 6.45) is 3.86. The second-order valence-electron chi connectivity index (χ2n) is 8.36. The lowest BCUT2D eigenvalue weighted by Crippen LogP contribution is -2.45. The van der Waals surface area contributed by atoms with Crippen LogP contribution in [-0.2, 0) is 21.4 Å². The smallest absolute Gasteiger partial charge is 0.248 e. The van der Waals surface area contributed by atoms with Gasteiger partial charge in [-0.3, -0.25) is 4.79 Å². The lowest BCUT2D eigenvalue weighted by Gasteiger charge is -2.31. The van der Waals surface area contributed by atoms with E-state index in [4.69, 9.17) is 4.52 Å². The fourth-order valence-electron chi connectivity index (χ4n) is 4.01. The van der Waals surface area contributed by atoms with Gasteiger partial charge in [-0.15, -0.1) is 0 Å². The Morgan fingerprint density at radius 3 is 2.66 bits per heavy atom. The number of amides is 1. The molecule has 10 heteroatoms. The third-order valence-corrected chi connectivity index (χ3v) is 7.91. The number of rotatable bonds is 7. The number of carbonyl (C=O) groups excluding carboxylic acids is 1. The lowest BCUT2D eigenvalue weighted by atomic mass is 9.99. The molecule has 0 saturated carbocycles. The summed E-state index contributed by atoms with van der Waals surface area (Å²) < 4.78 is 60.5. The van der Waals surface area contributed by atoms with Gasteiger partial charge in [-0.05, 0) is 55.7 Å². The molecule has 0 bridgehead atoms. The number of hydrogen-bond donors (Lipinski definition) is 1. The molecule has 35 heavy (non-hydrogen) atoms. The molecule has 1 aliphatic heterocycles. The van der Waals surface area contributed by atoms with Crippen molar-refractivity contribution in [2.75, 3.05) is 13.1 Å². The highest BCUT2D eigenvalue weighted by molar-refractivity contribution is 7.89. The number of aromatic nitrogens is 1. The van der Waals surface area contributed by atoms with E-state index in [1.54, 1.807) is 30.3 Å². The molecule has 1 unspecified atom stereocenters. The van der Waals surface area contributed by atoms with Gasteiger partial charge in [0.2, 0.25) is 15.9 Å². The van der Waals surface area contributed by atoms with Gasteiger partial charge in [0.05, 0.1) is 5.92 Å². The number of benzene rings is 2. The van der Waals surface area contributed by atoms with E-state index in [-0.39, 0.29) is 53.3 Å². The SMILES string of the molecule is Cc1noc(C=Cc2ccccc2F)c1S(=O)(=O)N1CCCC(C(=O)NCc2ccc(F)cc2)C1. The van der Waals surface area contributed by atoms with Crippen LogP contribution in [0.1, 0.15) is 35.4 Å². The summed E-state index contributed by atoms with van der Waals surface area (Å²) in [6.45, 7) is 2.01. The summed E-state index contributed by atoms with van der Waals surface area (Å²) >= 11 is 0. The molecule has 0 aliphatic carbocycles. The van der Waals surface area contributed by atoms with Crippen LogP contribution in [0.3, 0.4) is 0 Å². The van der Waals surface area contributed by atoms with Crippen molar-refractivity contribution in [2.24, 2.45) is 5.92 Å². The van der Waals surface area contributed by atoms with Crippen LogP contribution < -0.4 is 5.32 Å². The predicted octanol–water partition coefficient (Wildman–Crippen LogP) is 4.15. The Balaban J connectivity index is 1.48. The first-order chi connectivity index (χ1) is 16.8. The topological polar surface area (TPSA) is 92.5 Å². The van der Waals surface area contributed by atoms with Gasteiger partial charge in [0.15, 0.2) is 10.7 Å². The molecule has 1 amide bonds. The van der Waals surface area contributed by atoms with Gasteiger partial charge in [0, 0.05) is 25.2 Å². The number of nitrogens with one attached hydrogen (secondary N) is 1. The molecular formula is C25H25F2N3O4S. The van der Waals surface area contributed by atoms with Crippen LogP contribution in [0.5, 0.6) is 0 Å². The summed E-state index contributed by atoms with van der Waals surface area (Å²) in [5.41, 5.74) is 1.20. The number of nitrogens with zero attached hydrogens (tertiary/aromatic N) is 2. The zero-order chi connectivity index (χ0) is 25.0. The van der Waals surface area contributed by atoms with Gasteiger partial charge >= 0.3 is 0 Å². The van der Waals surface area contributed by atoms with E-state index < -0.39 is 21.8 Å². The van der Waals surface area contributed by atoms with Crippen molar-refractivity contribution in [3.8, 4) is 0 Å². The third kappa shape index (κ3) is 5.66. The van der Waals surface area contributed by atoms with Crippen molar-refractivity contribution in [3.63, 3.8) is 0 Å². The minimum atomic E-state index is -4.02. The highest BCUT2D eigenvalue weighted by Crippen LogP contribution is 2.29. The zero-order valence-electron chi connectivity index (χ0n) is 19.1. The van der Waals surface area contributed by atoms with Gasteiger partial charge < -0.3 is 9.84 Å². The minimum Gasteiger partial charge on any atom is -0.355 e. The molecule has 1 N–H and O–H groups in total. The van der Waals surface area contributed by atoms with Gasteiger partial charge in [-0.2, -0.15) is 4.31 Å². The minimum absolute atomic E-state index is 0.00589. The van der Waals surface area contributed by atoms with Gasteiger partial charge in [-0.1, -0.05) is 35.5 Å². The Hall–Kier alpha value is -3.37. The second-order valence-corrected chi connectivity index (χ2v) is 10.2. The van der Waals surface area contributed by atoms with E-state index >= 15 is 0 Å². The monoisotopic (exact) mass is 501 g/mol. The number of carbonyl (C=O) groups is 1. The maximum absolute atomic E-state index is 14.0. The fourth-order valence-corrected chi connectivity index (χ4v) is 5.79. The van der Waals surface area contributed by atoms with Gasteiger partial charge in [-0.25, -0.2) is 17.2 Å². The lowest BCUT2D eigenvalue weighted by molar-refractivity contribution is -0.126. The first-order valence-electron chi connectivity index (χ1n) is 11.2. The number of halogens is 2. The largest absolute Gasteiger partial charge is 0.355 e. The Morgan fingerprint density at radius 1 is 1.17 bits per heavy atom. The first-order valence-corrected chi connectivity index (χ1v) is 12.6. The standard InChI is InChI=1S/C25H25F2N3O4S/c1-17-24(23(34-29-17)13-10-19-5-2-3-7-22(19)27)35(32,33)30-14-4-6-20(16-30)25(31)28-15-18-8-11-21(26)12-9-18/h2-3,5,7-13,20H,4,6,14-16H2,1H3,(H,28,31). The molecule has 184 valence electrons. The van der Waals surface area contributed by atoms with Crippen molar-refractivity contribution in [2.45, 2.75) is 31.2 Å². The molecule has 7 nitrogen and oxygen atoms in total. The Kier molecular flexibility index (Phi) is 7.42. The molecule has 4 rings (SSSR count). The third-order valence-electron chi connectivity index (χ3n) is 5.89. The number of hydrogen-bond acceptors (Lipinski definition) is 5. The molecule has 1 saturated heterocycles. The summed E-state index contributed by atoms with van der Waals surface area (Å²) in [6, 6.07) is 11.9. The Labute approximate surface area is 202 Å². The highest BCUT2D eigenvalue weighted by atomic mass is 32.2. The number of piperidine rings is 1. The molecule has 0 radical (unpaired) electrons. The summed E-state index contributed by atoms with van der Waals surface area (Å²) in [7, 11) is -4.02. The molecule has 0 spiro atoms. The van der Waals surface area contributed by atoms with Crippen LogP contribution >= 0.6 is 0 Å². The molecular weight excluding hydrogens is 476 g/mol. The molecule has 1 fully saturated rings. The molecule has 1 aliphatic rings. The van der Waals surface area contributed by atoms with E-state index in [2.05, 4.69) is 10.5 Å². The van der Waals surface area contributed by atoms with Crippen LogP contribution in [0, 0.1) is 24.5 Å². The summed E-state index contributed by atoms with van der Waals surface area (Å²) in [5.74, 6) is -1.61. The Bertz CT molecular complexity index is 1340. The summed E-state index contributed by atoms with van der Waals surface area (Å²) in [4.78, 5) is 12.6. The highest BCUT2D eigenvalue weighted by Gasteiger charge is 2.36. The van der Waals surface area contributed by atoms with Crippen LogP contribution in [0.4, 0.5) is 8.78 Å². The van der Waals surface area contributed by atoms with Crippen molar-refractivity contribution < 1.29 is 26.5 Å². The second kappa shape index (κ2) is 10.5. The van der Waals surface area contributed by atoms with Gasteiger partial charge in [0.25, 0.3) is 0 Å². The van der Waals surface area contributed by atoms with E-state index in [0.717, 1.165) is 5.56 Å². The first kappa shape index (κ1) is 24.7. The van der Waals surface area contributed by atoms with Crippen molar-refractivity contribution in [1.29, 1.82) is 0 Å². The van der Waals surface area contributed by atoms with Gasteiger partial charge in [0.1, 0.15) is 17.3 Å². The van der Waals surface area contributed by atoms with E-state index in [1.165, 1.54) is 41.6 Å². The maximum atomic E-state index is 14.0. The number of sulfonamides is 1. The van der Waals surface area contributed by atoms with Crippen LogP contribution in [-0.4, -0.2) is 36.9 Å². The zero-order valence-corrected chi connectivity index (χ0v) is 19.9.